The molecule has 0 radical (unpaired) electrons. The van der Waals surface area contributed by atoms with Crippen molar-refractivity contribution in [3.05, 3.63) is 24.0 Å². The van der Waals surface area contributed by atoms with Crippen LogP contribution >= 0.6 is 0 Å². The van der Waals surface area contributed by atoms with Gasteiger partial charge in [0.25, 0.3) is 0 Å². The summed E-state index contributed by atoms with van der Waals surface area (Å²) in [6, 6.07) is 0. The third kappa shape index (κ3) is 5.82. The van der Waals surface area contributed by atoms with E-state index in [0.29, 0.717) is 32.1 Å². The molecule has 0 aromatic rings. The summed E-state index contributed by atoms with van der Waals surface area (Å²) in [4.78, 5) is 10.6. The molecule has 1 aliphatic carbocycles. The molecule has 1 aliphatic heterocycles. The zero-order chi connectivity index (χ0) is 23.4. The van der Waals surface area contributed by atoms with Crippen LogP contribution in [0.15, 0.2) is 24.0 Å². The van der Waals surface area contributed by atoms with E-state index in [4.69, 9.17) is 9.84 Å². The number of halogens is 4. The van der Waals surface area contributed by atoms with Crippen molar-refractivity contribution in [2.75, 3.05) is 0 Å². The predicted molar refractivity (Wildman–Crippen MR) is 109 cm³/mol. The van der Waals surface area contributed by atoms with Crippen LogP contribution in [0.2, 0.25) is 0 Å². The van der Waals surface area contributed by atoms with E-state index in [1.54, 1.807) is 19.1 Å². The first-order chi connectivity index (χ1) is 14.4. The molecule has 0 aromatic heterocycles. The minimum atomic E-state index is -4.55. The summed E-state index contributed by atoms with van der Waals surface area (Å²) in [6.07, 6.45) is -1.61. The average molecular weight is 451 g/mol. The Balaban J connectivity index is 2.11. The lowest BCUT2D eigenvalue weighted by molar-refractivity contribution is -0.244. The van der Waals surface area contributed by atoms with Crippen molar-refractivity contribution in [1.29, 1.82) is 0 Å². The summed E-state index contributed by atoms with van der Waals surface area (Å²) >= 11 is 0. The van der Waals surface area contributed by atoms with Gasteiger partial charge in [0.2, 0.25) is 0 Å². The first-order valence-corrected chi connectivity index (χ1v) is 11.1. The number of hydrogen-bond acceptors (Lipinski definition) is 3. The van der Waals surface area contributed by atoms with Crippen molar-refractivity contribution >= 4 is 5.97 Å². The van der Waals surface area contributed by atoms with E-state index < -0.39 is 35.8 Å². The molecule has 0 bridgehead atoms. The lowest BCUT2D eigenvalue weighted by Crippen LogP contribution is -2.44. The third-order valence-electron chi connectivity index (χ3n) is 6.84. The second-order valence-corrected chi connectivity index (χ2v) is 9.17. The molecular formula is C23H34F4O4. The number of rotatable bonds is 10. The number of carboxylic acid groups (broad SMARTS) is 1. The van der Waals surface area contributed by atoms with E-state index in [-0.39, 0.29) is 36.5 Å². The number of aliphatic carboxylic acids is 1. The molecule has 2 N–H and O–H groups in total. The van der Waals surface area contributed by atoms with E-state index in [1.807, 2.05) is 6.92 Å². The number of aliphatic hydroxyl groups is 1. The highest BCUT2D eigenvalue weighted by Crippen LogP contribution is 2.50. The first-order valence-electron chi connectivity index (χ1n) is 11.1. The molecule has 7 atom stereocenters. The fourth-order valence-electron chi connectivity index (χ4n) is 4.67. The van der Waals surface area contributed by atoms with Gasteiger partial charge in [-0.2, -0.15) is 13.2 Å². The van der Waals surface area contributed by atoms with Crippen LogP contribution in [0.1, 0.15) is 65.7 Å². The molecule has 178 valence electrons. The summed E-state index contributed by atoms with van der Waals surface area (Å²) in [6.45, 7) is 4.74. The zero-order valence-electron chi connectivity index (χ0n) is 18.4. The molecule has 4 nitrogen and oxygen atoms in total. The van der Waals surface area contributed by atoms with Gasteiger partial charge in [0.15, 0.2) is 6.17 Å². The standard InChI is InChI=1S/C23H34F4O4/c1-4-5-12-22(3,23(25,26)27)18(28)11-10-15-14(2)13-17-20(15)21(24)16(31-17)8-6-7-9-19(29)30/h8,10-11,14-15,17-18,20-21,28H,4-7,9,12-13H2,1-3H3,(H,29,30)/b11-10+,16-8-/t14-,15+,17-,18-,20-,21?,22?/m1/s1. The zero-order valence-corrected chi connectivity index (χ0v) is 18.4. The number of carboxylic acids is 1. The molecule has 0 amide bonds. The molecule has 0 spiro atoms. The minimum absolute atomic E-state index is 0.0100. The largest absolute Gasteiger partial charge is 0.492 e. The number of aliphatic hydroxyl groups excluding tert-OH is 1. The Kier molecular flexibility index (Phi) is 8.59. The number of ether oxygens (including phenoxy) is 1. The molecule has 2 fully saturated rings. The van der Waals surface area contributed by atoms with Crippen molar-refractivity contribution < 1.29 is 37.3 Å². The minimum Gasteiger partial charge on any atom is -0.492 e. The molecular weight excluding hydrogens is 416 g/mol. The monoisotopic (exact) mass is 450 g/mol. The Hall–Kier alpha value is -1.57. The number of hydrogen-bond donors (Lipinski definition) is 2. The van der Waals surface area contributed by atoms with Crippen LogP contribution in [0.3, 0.4) is 0 Å². The van der Waals surface area contributed by atoms with E-state index in [9.17, 15) is 23.1 Å². The van der Waals surface area contributed by atoms with E-state index in [1.165, 1.54) is 6.08 Å². The Bertz CT molecular complexity index is 675. The van der Waals surface area contributed by atoms with Gasteiger partial charge in [0, 0.05) is 12.3 Å². The molecule has 2 rings (SSSR count). The third-order valence-corrected chi connectivity index (χ3v) is 6.84. The van der Waals surface area contributed by atoms with Gasteiger partial charge in [-0.15, -0.1) is 0 Å². The van der Waals surface area contributed by atoms with Gasteiger partial charge in [-0.3, -0.25) is 4.79 Å². The number of fused-ring (bicyclic) bond motifs is 1. The predicted octanol–water partition coefficient (Wildman–Crippen LogP) is 5.81. The van der Waals surface area contributed by atoms with Crippen LogP contribution in [-0.4, -0.2) is 40.7 Å². The molecule has 0 aromatic carbocycles. The van der Waals surface area contributed by atoms with Crippen molar-refractivity contribution in [1.82, 2.24) is 0 Å². The highest BCUT2D eigenvalue weighted by Gasteiger charge is 2.55. The SMILES string of the molecule is CCCCC(C)([C@H](O)/C=C/[C@@H]1[C@H]2C(F)/C(=C/CCCC(=O)O)O[C@@H]2C[C@H]1C)C(F)(F)F. The van der Waals surface area contributed by atoms with Gasteiger partial charge in [-0.1, -0.05) is 38.8 Å². The van der Waals surface area contributed by atoms with Crippen LogP contribution in [-0.2, 0) is 9.53 Å². The Morgan fingerprint density at radius 2 is 2.00 bits per heavy atom. The second-order valence-electron chi connectivity index (χ2n) is 9.17. The van der Waals surface area contributed by atoms with Crippen LogP contribution in [0.25, 0.3) is 0 Å². The molecule has 2 aliphatic rings. The summed E-state index contributed by atoms with van der Waals surface area (Å²) in [5.74, 6) is -1.57. The quantitative estimate of drug-likeness (QED) is 0.250. The fraction of sp³-hybridized carbons (Fsp3) is 0.783. The highest BCUT2D eigenvalue weighted by atomic mass is 19.4. The van der Waals surface area contributed by atoms with Gasteiger partial charge >= 0.3 is 12.1 Å². The van der Waals surface area contributed by atoms with Gasteiger partial charge in [-0.05, 0) is 50.5 Å². The average Bonchev–Trinajstić information content (AvgIpc) is 3.14. The lowest BCUT2D eigenvalue weighted by atomic mass is 9.77. The van der Waals surface area contributed by atoms with Crippen molar-refractivity contribution in [2.45, 2.75) is 90.3 Å². The van der Waals surface area contributed by atoms with Crippen LogP contribution in [0.5, 0.6) is 0 Å². The van der Waals surface area contributed by atoms with Crippen LogP contribution in [0, 0.1) is 23.2 Å². The van der Waals surface area contributed by atoms with Gasteiger partial charge in [-0.25, -0.2) is 4.39 Å². The van der Waals surface area contributed by atoms with Crippen LogP contribution < -0.4 is 0 Å². The normalized spacial score (nSPS) is 32.8. The summed E-state index contributed by atoms with van der Waals surface area (Å²) in [5.41, 5.74) is -2.25. The lowest BCUT2D eigenvalue weighted by Gasteiger charge is -2.35. The van der Waals surface area contributed by atoms with E-state index >= 15 is 4.39 Å². The Morgan fingerprint density at radius 3 is 2.58 bits per heavy atom. The van der Waals surface area contributed by atoms with Crippen LogP contribution in [0.4, 0.5) is 17.6 Å². The van der Waals surface area contributed by atoms with Crippen molar-refractivity contribution in [3.8, 4) is 0 Å². The summed E-state index contributed by atoms with van der Waals surface area (Å²) in [7, 11) is 0. The number of allylic oxidation sites excluding steroid dienone is 3. The second kappa shape index (κ2) is 10.4. The molecule has 1 heterocycles. The smallest absolute Gasteiger partial charge is 0.397 e. The maximum absolute atomic E-state index is 15.1. The molecule has 1 saturated heterocycles. The van der Waals surface area contributed by atoms with E-state index in [2.05, 4.69) is 0 Å². The number of carbonyl (C=O) groups is 1. The van der Waals surface area contributed by atoms with Gasteiger partial charge in [0.1, 0.15) is 11.9 Å². The maximum atomic E-state index is 15.1. The molecule has 31 heavy (non-hydrogen) atoms. The number of alkyl halides is 4. The maximum Gasteiger partial charge on any atom is 0.397 e. The fourth-order valence-corrected chi connectivity index (χ4v) is 4.67. The summed E-state index contributed by atoms with van der Waals surface area (Å²) in [5, 5.41) is 19.1. The van der Waals surface area contributed by atoms with E-state index in [0.717, 1.165) is 6.92 Å². The molecule has 1 saturated carbocycles. The van der Waals surface area contributed by atoms with Crippen molar-refractivity contribution in [3.63, 3.8) is 0 Å². The Morgan fingerprint density at radius 1 is 1.32 bits per heavy atom. The topological polar surface area (TPSA) is 66.8 Å². The van der Waals surface area contributed by atoms with Crippen molar-refractivity contribution in [2.24, 2.45) is 23.2 Å². The highest BCUT2D eigenvalue weighted by molar-refractivity contribution is 5.66. The molecule has 8 heteroatoms. The Labute approximate surface area is 181 Å². The van der Waals surface area contributed by atoms with Gasteiger partial charge < -0.3 is 14.9 Å². The number of unbranched alkanes of at least 4 members (excludes halogenated alkanes) is 2. The summed E-state index contributed by atoms with van der Waals surface area (Å²) < 4.78 is 61.8. The molecule has 2 unspecified atom stereocenters. The first kappa shape index (κ1) is 25.7. The van der Waals surface area contributed by atoms with Gasteiger partial charge in [0.05, 0.1) is 11.5 Å².